The molecule has 1 N–H and O–H groups in total. The largest absolute Gasteiger partial charge is 0.372 e. The Hall–Kier alpha value is -1.09. The van der Waals surface area contributed by atoms with Crippen molar-refractivity contribution < 1.29 is 0 Å². The van der Waals surface area contributed by atoms with Crippen molar-refractivity contribution in [1.29, 1.82) is 0 Å². The topological polar surface area (TPSA) is 28.2 Å². The van der Waals surface area contributed by atoms with E-state index in [-0.39, 0.29) is 0 Å². The van der Waals surface area contributed by atoms with E-state index in [0.29, 0.717) is 5.41 Å². The molecule has 2 aliphatic heterocycles. The average molecular weight is 189 g/mol. The van der Waals surface area contributed by atoms with Crippen molar-refractivity contribution in [3.05, 3.63) is 24.0 Å². The molecule has 3 heteroatoms. The standard InChI is InChI=1S/C11H15N3/c1-14-8-11(4-6-12-7-11)10-9(14)3-2-5-13-10/h2-3,5,12H,4,6-8H2,1H3. The number of fused-ring (bicyclic) bond motifs is 2. The molecule has 1 spiro atoms. The number of rotatable bonds is 0. The first-order chi connectivity index (χ1) is 6.82. The van der Waals surface area contributed by atoms with E-state index in [2.05, 4.69) is 28.3 Å². The van der Waals surface area contributed by atoms with Gasteiger partial charge in [0.05, 0.1) is 11.4 Å². The Morgan fingerprint density at radius 3 is 3.29 bits per heavy atom. The van der Waals surface area contributed by atoms with Gasteiger partial charge in [-0.2, -0.15) is 0 Å². The van der Waals surface area contributed by atoms with Gasteiger partial charge in [0, 0.05) is 31.7 Å². The van der Waals surface area contributed by atoms with Gasteiger partial charge < -0.3 is 10.2 Å². The summed E-state index contributed by atoms with van der Waals surface area (Å²) in [5, 5.41) is 3.45. The quantitative estimate of drug-likeness (QED) is 0.653. The molecule has 3 nitrogen and oxygen atoms in total. The Morgan fingerprint density at radius 1 is 1.57 bits per heavy atom. The summed E-state index contributed by atoms with van der Waals surface area (Å²) in [7, 11) is 2.16. The molecule has 0 aliphatic carbocycles. The van der Waals surface area contributed by atoms with Crippen molar-refractivity contribution in [2.45, 2.75) is 11.8 Å². The molecule has 0 radical (unpaired) electrons. The predicted molar refractivity (Wildman–Crippen MR) is 56.7 cm³/mol. The van der Waals surface area contributed by atoms with Crippen LogP contribution in [0.4, 0.5) is 5.69 Å². The molecule has 74 valence electrons. The molecule has 0 amide bonds. The summed E-state index contributed by atoms with van der Waals surface area (Å²) in [4.78, 5) is 6.89. The van der Waals surface area contributed by atoms with Crippen LogP contribution in [0.2, 0.25) is 0 Å². The molecule has 1 aromatic heterocycles. The van der Waals surface area contributed by atoms with Gasteiger partial charge in [0.15, 0.2) is 0 Å². The third-order valence-corrected chi connectivity index (χ3v) is 3.48. The summed E-state index contributed by atoms with van der Waals surface area (Å²) in [6.07, 6.45) is 3.14. The van der Waals surface area contributed by atoms with E-state index in [1.54, 1.807) is 0 Å². The van der Waals surface area contributed by atoms with Gasteiger partial charge in [-0.05, 0) is 25.1 Å². The average Bonchev–Trinajstić information content (AvgIpc) is 2.77. The Labute approximate surface area is 84.1 Å². The smallest absolute Gasteiger partial charge is 0.0729 e. The molecule has 2 aliphatic rings. The van der Waals surface area contributed by atoms with Gasteiger partial charge in [0.2, 0.25) is 0 Å². The van der Waals surface area contributed by atoms with Crippen molar-refractivity contribution in [2.75, 3.05) is 31.6 Å². The normalized spacial score (nSPS) is 29.9. The highest BCUT2D eigenvalue weighted by molar-refractivity contribution is 5.59. The Bertz CT molecular complexity index is 355. The fourth-order valence-corrected chi connectivity index (χ4v) is 2.81. The van der Waals surface area contributed by atoms with Crippen LogP contribution in [0.1, 0.15) is 12.1 Å². The molecule has 1 unspecified atom stereocenters. The van der Waals surface area contributed by atoms with Gasteiger partial charge in [-0.1, -0.05) is 0 Å². The predicted octanol–water partition coefficient (Wildman–Crippen LogP) is 0.762. The highest BCUT2D eigenvalue weighted by atomic mass is 15.2. The van der Waals surface area contributed by atoms with Crippen molar-refractivity contribution in [1.82, 2.24) is 10.3 Å². The summed E-state index contributed by atoms with van der Waals surface area (Å²) < 4.78 is 0. The van der Waals surface area contributed by atoms with Gasteiger partial charge in [0.25, 0.3) is 0 Å². The van der Waals surface area contributed by atoms with Crippen LogP contribution in [-0.2, 0) is 5.41 Å². The molecule has 1 fully saturated rings. The maximum Gasteiger partial charge on any atom is 0.0729 e. The fourth-order valence-electron chi connectivity index (χ4n) is 2.81. The Kier molecular flexibility index (Phi) is 1.59. The number of nitrogens with zero attached hydrogens (tertiary/aromatic N) is 2. The first-order valence-corrected chi connectivity index (χ1v) is 5.19. The second kappa shape index (κ2) is 2.70. The van der Waals surface area contributed by atoms with E-state index in [1.807, 2.05) is 12.3 Å². The molecular weight excluding hydrogens is 174 g/mol. The highest BCUT2D eigenvalue weighted by Gasteiger charge is 2.44. The van der Waals surface area contributed by atoms with Crippen LogP contribution in [0.25, 0.3) is 0 Å². The number of nitrogens with one attached hydrogen (secondary N) is 1. The molecule has 1 saturated heterocycles. The lowest BCUT2D eigenvalue weighted by molar-refractivity contribution is 0.492. The molecule has 0 bridgehead atoms. The minimum atomic E-state index is 0.297. The second-order valence-electron chi connectivity index (χ2n) is 4.43. The highest BCUT2D eigenvalue weighted by Crippen LogP contribution is 2.41. The Balaban J connectivity index is 2.13. The Morgan fingerprint density at radius 2 is 2.50 bits per heavy atom. The molecule has 1 aromatic rings. The van der Waals surface area contributed by atoms with Crippen LogP contribution >= 0.6 is 0 Å². The number of aromatic nitrogens is 1. The minimum absolute atomic E-state index is 0.297. The lowest BCUT2D eigenvalue weighted by Gasteiger charge is -2.21. The van der Waals surface area contributed by atoms with E-state index < -0.39 is 0 Å². The van der Waals surface area contributed by atoms with E-state index in [9.17, 15) is 0 Å². The first kappa shape index (κ1) is 8.24. The van der Waals surface area contributed by atoms with Crippen molar-refractivity contribution in [3.8, 4) is 0 Å². The minimum Gasteiger partial charge on any atom is -0.372 e. The van der Waals surface area contributed by atoms with Gasteiger partial charge >= 0.3 is 0 Å². The van der Waals surface area contributed by atoms with E-state index in [1.165, 1.54) is 17.8 Å². The summed E-state index contributed by atoms with van der Waals surface area (Å²) in [5.41, 5.74) is 2.91. The maximum absolute atomic E-state index is 4.56. The fraction of sp³-hybridized carbons (Fsp3) is 0.545. The summed E-state index contributed by atoms with van der Waals surface area (Å²) in [6.45, 7) is 3.33. The molecule has 3 heterocycles. The monoisotopic (exact) mass is 189 g/mol. The number of hydrogen-bond acceptors (Lipinski definition) is 3. The van der Waals surface area contributed by atoms with E-state index in [4.69, 9.17) is 0 Å². The zero-order valence-corrected chi connectivity index (χ0v) is 8.45. The molecule has 1 atom stereocenters. The van der Waals surface area contributed by atoms with Crippen molar-refractivity contribution >= 4 is 5.69 Å². The van der Waals surface area contributed by atoms with Gasteiger partial charge in [-0.15, -0.1) is 0 Å². The third kappa shape index (κ3) is 0.932. The number of likely N-dealkylation sites (N-methyl/N-ethyl adjacent to an activating group) is 1. The van der Waals surface area contributed by atoms with Crippen LogP contribution in [0.15, 0.2) is 18.3 Å². The molecule has 3 rings (SSSR count). The number of pyridine rings is 1. The van der Waals surface area contributed by atoms with Crippen LogP contribution in [0, 0.1) is 0 Å². The first-order valence-electron chi connectivity index (χ1n) is 5.19. The van der Waals surface area contributed by atoms with Gasteiger partial charge in [-0.3, -0.25) is 4.98 Å². The molecular formula is C11H15N3. The summed E-state index contributed by atoms with van der Waals surface area (Å²) >= 11 is 0. The summed E-state index contributed by atoms with van der Waals surface area (Å²) in [6, 6.07) is 4.20. The lowest BCUT2D eigenvalue weighted by atomic mass is 9.85. The molecule has 0 saturated carbocycles. The molecule has 14 heavy (non-hydrogen) atoms. The van der Waals surface area contributed by atoms with Gasteiger partial charge in [0.1, 0.15) is 0 Å². The SMILES string of the molecule is CN1CC2(CCNC2)c2ncccc21. The van der Waals surface area contributed by atoms with Crippen LogP contribution in [0.3, 0.4) is 0 Å². The van der Waals surface area contributed by atoms with Crippen molar-refractivity contribution in [3.63, 3.8) is 0 Å². The van der Waals surface area contributed by atoms with Gasteiger partial charge in [-0.25, -0.2) is 0 Å². The lowest BCUT2D eigenvalue weighted by Crippen LogP contribution is -2.34. The maximum atomic E-state index is 4.56. The molecule has 0 aromatic carbocycles. The van der Waals surface area contributed by atoms with E-state index in [0.717, 1.165) is 19.6 Å². The third-order valence-electron chi connectivity index (χ3n) is 3.48. The van der Waals surface area contributed by atoms with Crippen LogP contribution in [0.5, 0.6) is 0 Å². The van der Waals surface area contributed by atoms with E-state index >= 15 is 0 Å². The van der Waals surface area contributed by atoms with Crippen molar-refractivity contribution in [2.24, 2.45) is 0 Å². The zero-order valence-electron chi connectivity index (χ0n) is 8.45. The zero-order chi connectivity index (χ0) is 9.60. The second-order valence-corrected chi connectivity index (χ2v) is 4.43. The number of anilines is 1. The van der Waals surface area contributed by atoms with Crippen LogP contribution in [-0.4, -0.2) is 31.7 Å². The number of hydrogen-bond donors (Lipinski definition) is 1. The summed E-state index contributed by atoms with van der Waals surface area (Å²) in [5.74, 6) is 0. The van der Waals surface area contributed by atoms with Crippen LogP contribution < -0.4 is 10.2 Å².